The summed E-state index contributed by atoms with van der Waals surface area (Å²) in [5.74, 6) is -5.76. The lowest BCUT2D eigenvalue weighted by molar-refractivity contribution is -0.141. The lowest BCUT2D eigenvalue weighted by Gasteiger charge is -2.28. The van der Waals surface area contributed by atoms with E-state index in [2.05, 4.69) is 21.3 Å². The van der Waals surface area contributed by atoms with E-state index in [1.807, 2.05) is 67.8 Å². The Balaban J connectivity index is 2.34. The predicted molar refractivity (Wildman–Crippen MR) is 192 cm³/mol. The molecule has 0 fully saturated rings. The van der Waals surface area contributed by atoms with Crippen molar-refractivity contribution in [2.45, 2.75) is 0 Å². The molecule has 0 saturated carbocycles. The maximum atomic E-state index is 13.2. The first kappa shape index (κ1) is 40.6. The van der Waals surface area contributed by atoms with Crippen LogP contribution in [-0.2, 0) is 24.0 Å². The van der Waals surface area contributed by atoms with Crippen LogP contribution in [0.3, 0.4) is 0 Å². The average molecular weight is 1000 g/mol. The number of carbonyl (C=O) groups excluding carboxylic acids is 4. The van der Waals surface area contributed by atoms with Crippen molar-refractivity contribution in [3.05, 3.63) is 21.8 Å². The van der Waals surface area contributed by atoms with Crippen molar-refractivity contribution in [1.29, 1.82) is 0 Å². The summed E-state index contributed by atoms with van der Waals surface area (Å²) in [6.07, 6.45) is 0. The van der Waals surface area contributed by atoms with Crippen LogP contribution in [0.4, 0.5) is 5.69 Å². The zero-order valence-corrected chi connectivity index (χ0v) is 31.4. The molecule has 21 heteroatoms. The van der Waals surface area contributed by atoms with Crippen LogP contribution < -0.4 is 27.0 Å². The molecule has 9 N–H and O–H groups in total. The molecule has 0 radical (unpaired) electrons. The van der Waals surface area contributed by atoms with E-state index < -0.39 is 61.2 Å². The second-order valence-electron chi connectivity index (χ2n) is 10.2. The molecule has 1 heterocycles. The lowest BCUT2D eigenvalue weighted by atomic mass is 10.1. The Labute approximate surface area is 310 Å². The fraction of sp³-hybridized carbons (Fsp3) is 0.500. The maximum Gasteiger partial charge on any atom is 0.317 e. The van der Waals surface area contributed by atoms with Crippen LogP contribution in [0, 0.1) is 10.7 Å². The van der Waals surface area contributed by atoms with Crippen LogP contribution in [0.25, 0.3) is 0 Å². The Bertz CT molecular complexity index is 1290. The molecule has 1 aliphatic heterocycles. The van der Waals surface area contributed by atoms with Crippen molar-refractivity contribution in [1.82, 2.24) is 36.0 Å². The number of hydrogen-bond acceptors (Lipinski definition) is 11. The van der Waals surface area contributed by atoms with Gasteiger partial charge in [0.15, 0.2) is 0 Å². The smallest absolute Gasteiger partial charge is 0.317 e. The normalized spacial score (nSPS) is 17.9. The minimum Gasteiger partial charge on any atom is -0.480 e. The number of benzene rings is 1. The Hall–Kier alpha value is -2.62. The number of nitrogens with zero attached hydrogens (tertiary/aromatic N) is 3. The third-order valence-corrected chi connectivity index (χ3v) is 9.87. The van der Waals surface area contributed by atoms with Gasteiger partial charge < -0.3 is 42.3 Å². The SMILES string of the molecule is Nc1c(I)c2c(I)c(c1I)C(=O)NCCNC(=O)CN(CC(=O)O)CCN(CC(=O)O)CCN(CC(=O)O)CC(=O)NCCNC2=O. The first-order valence-electron chi connectivity index (χ1n) is 14.0. The number of nitrogens with one attached hydrogen (secondary N) is 4. The highest BCUT2D eigenvalue weighted by molar-refractivity contribution is 14.1. The van der Waals surface area contributed by atoms with Gasteiger partial charge in [0.2, 0.25) is 11.8 Å². The third-order valence-electron chi connectivity index (χ3n) is 6.55. The van der Waals surface area contributed by atoms with Gasteiger partial charge in [0.1, 0.15) is 0 Å². The van der Waals surface area contributed by atoms with Gasteiger partial charge in [-0.3, -0.25) is 48.3 Å². The third kappa shape index (κ3) is 13.8. The summed E-state index contributed by atoms with van der Waals surface area (Å²) < 4.78 is 1.19. The van der Waals surface area contributed by atoms with E-state index in [1.54, 1.807) is 0 Å². The van der Waals surface area contributed by atoms with E-state index in [-0.39, 0.29) is 82.3 Å². The minimum atomic E-state index is -1.21. The van der Waals surface area contributed by atoms with Gasteiger partial charge in [-0.15, -0.1) is 0 Å². The van der Waals surface area contributed by atoms with Crippen molar-refractivity contribution in [2.75, 3.05) is 90.8 Å². The molecule has 47 heavy (non-hydrogen) atoms. The summed E-state index contributed by atoms with van der Waals surface area (Å²) in [6.45, 7) is -2.14. The molecule has 0 spiro atoms. The predicted octanol–water partition coefficient (Wildman–Crippen LogP) is -2.05. The first-order valence-corrected chi connectivity index (χ1v) is 17.2. The molecule has 0 aliphatic carbocycles. The number of amides is 4. The van der Waals surface area contributed by atoms with E-state index in [0.29, 0.717) is 10.7 Å². The van der Waals surface area contributed by atoms with Crippen molar-refractivity contribution >= 4 is 115 Å². The number of nitrogens with two attached hydrogens (primary N) is 1. The zero-order valence-electron chi connectivity index (χ0n) is 24.9. The molecular formula is C26H35I3N8O10. The van der Waals surface area contributed by atoms with Gasteiger partial charge in [0.25, 0.3) is 11.8 Å². The highest BCUT2D eigenvalue weighted by Crippen LogP contribution is 2.33. The van der Waals surface area contributed by atoms with E-state index in [0.717, 1.165) is 0 Å². The summed E-state index contributed by atoms with van der Waals surface area (Å²) in [7, 11) is 0. The number of anilines is 1. The van der Waals surface area contributed by atoms with Crippen LogP contribution in [-0.4, -0.2) is 157 Å². The number of nitrogen functional groups attached to an aromatic ring is 1. The number of halogens is 3. The van der Waals surface area contributed by atoms with E-state index >= 15 is 0 Å². The number of rotatable bonds is 6. The van der Waals surface area contributed by atoms with Gasteiger partial charge in [0.05, 0.1) is 56.7 Å². The maximum absolute atomic E-state index is 13.2. The molecule has 2 bridgehead atoms. The Morgan fingerprint density at radius 3 is 1.26 bits per heavy atom. The second kappa shape index (κ2) is 20.0. The molecule has 1 aromatic rings. The van der Waals surface area contributed by atoms with E-state index in [4.69, 9.17) is 5.73 Å². The fourth-order valence-corrected chi connectivity index (χ4v) is 8.52. The molecular weight excluding hydrogens is 965 g/mol. The first-order chi connectivity index (χ1) is 22.1. The minimum absolute atomic E-state index is 0.00200. The van der Waals surface area contributed by atoms with Crippen molar-refractivity contribution in [3.63, 3.8) is 0 Å². The van der Waals surface area contributed by atoms with Gasteiger partial charge in [-0.25, -0.2) is 0 Å². The van der Waals surface area contributed by atoms with Crippen molar-refractivity contribution in [3.8, 4) is 0 Å². The van der Waals surface area contributed by atoms with Crippen molar-refractivity contribution in [2.24, 2.45) is 0 Å². The number of hydrogen-bond donors (Lipinski definition) is 8. The van der Waals surface area contributed by atoms with Crippen LogP contribution in [0.2, 0.25) is 0 Å². The molecule has 2 rings (SSSR count). The number of carboxylic acid groups (broad SMARTS) is 3. The Morgan fingerprint density at radius 2 is 0.894 bits per heavy atom. The molecule has 18 nitrogen and oxygen atoms in total. The van der Waals surface area contributed by atoms with Gasteiger partial charge in [-0.1, -0.05) is 0 Å². The number of aliphatic carboxylic acids is 3. The van der Waals surface area contributed by atoms with Gasteiger partial charge in [0, 0.05) is 55.9 Å². The van der Waals surface area contributed by atoms with Crippen LogP contribution in [0.1, 0.15) is 20.7 Å². The number of carboxylic acids is 3. The lowest BCUT2D eigenvalue weighted by Crippen LogP contribution is -2.48. The molecule has 0 aromatic heterocycles. The van der Waals surface area contributed by atoms with Gasteiger partial charge >= 0.3 is 17.9 Å². The van der Waals surface area contributed by atoms with Crippen molar-refractivity contribution < 1.29 is 48.9 Å². The van der Waals surface area contributed by atoms with Crippen LogP contribution in [0.5, 0.6) is 0 Å². The molecule has 260 valence electrons. The molecule has 0 unspecified atom stereocenters. The van der Waals surface area contributed by atoms with Crippen LogP contribution >= 0.6 is 67.8 Å². The van der Waals surface area contributed by atoms with Gasteiger partial charge in [-0.05, 0) is 67.8 Å². The van der Waals surface area contributed by atoms with Crippen LogP contribution in [0.15, 0.2) is 0 Å². The Kier molecular flexibility index (Phi) is 17.3. The average Bonchev–Trinajstić information content (AvgIpc) is 2.96. The highest BCUT2D eigenvalue weighted by Gasteiger charge is 2.27. The van der Waals surface area contributed by atoms with E-state index in [1.165, 1.54) is 14.7 Å². The quantitative estimate of drug-likeness (QED) is 0.113. The molecule has 1 aliphatic rings. The molecule has 4 amide bonds. The molecule has 0 saturated heterocycles. The zero-order chi connectivity index (χ0) is 35.3. The molecule has 1 aromatic carbocycles. The second-order valence-corrected chi connectivity index (χ2v) is 13.4. The monoisotopic (exact) mass is 1000 g/mol. The number of carbonyl (C=O) groups is 7. The standard InChI is InChI=1S/C26H35I3N8O10/c27-21-19-22(28)24(30)23(29)20(21)26(47)34-4-2-32-15(39)10-37(13-18(44)45)8-6-35(11-16(40)41)5-7-36(12-17(42)43)9-14(38)31-1-3-33-25(19)46/h1-13,30H2,(H,31,38)(H,32,39)(H,33,46)(H,34,47)(H,40,41)(H,42,43)(H,44,45). The topological polar surface area (TPSA) is 264 Å². The summed E-state index contributed by atoms with van der Waals surface area (Å²) in [4.78, 5) is 90.1. The summed E-state index contributed by atoms with van der Waals surface area (Å²) in [5, 5.41) is 38.7. The Morgan fingerprint density at radius 1 is 0.574 bits per heavy atom. The number of fused-ring (bicyclic) bond motifs is 2. The fourth-order valence-electron chi connectivity index (χ4n) is 4.37. The highest BCUT2D eigenvalue weighted by atomic mass is 127. The van der Waals surface area contributed by atoms with Gasteiger partial charge in [-0.2, -0.15) is 0 Å². The largest absolute Gasteiger partial charge is 0.480 e. The summed E-state index contributed by atoms with van der Waals surface area (Å²) in [5.41, 5.74) is 6.80. The summed E-state index contributed by atoms with van der Waals surface area (Å²) >= 11 is 5.71. The molecule has 0 atom stereocenters. The van der Waals surface area contributed by atoms with E-state index in [9.17, 15) is 48.9 Å². The summed E-state index contributed by atoms with van der Waals surface area (Å²) in [6, 6.07) is 0.